The molecule has 4 rings (SSSR count). The van der Waals surface area contributed by atoms with Gasteiger partial charge in [0.15, 0.2) is 5.69 Å². The molecule has 0 bridgehead atoms. The first-order chi connectivity index (χ1) is 14.1. The van der Waals surface area contributed by atoms with Gasteiger partial charge >= 0.3 is 0 Å². The summed E-state index contributed by atoms with van der Waals surface area (Å²) in [5, 5.41) is 11.9. The molecule has 0 fully saturated rings. The van der Waals surface area contributed by atoms with E-state index in [0.717, 1.165) is 16.8 Å². The number of hydrogen-bond acceptors (Lipinski definition) is 4. The number of halogens is 1. The standard InChI is InChI=1S/C22H18ClN5O/c1-15-4-6-16(7-5-15)13-25-22(29)20-21(17-3-2-12-24-14-17)28(27-26-20)19-10-8-18(23)9-11-19/h2-12,14H,13H2,1H3,(H,25,29). The molecule has 0 aliphatic carbocycles. The Morgan fingerprint density at radius 3 is 2.52 bits per heavy atom. The quantitative estimate of drug-likeness (QED) is 0.541. The van der Waals surface area contributed by atoms with Crippen molar-refractivity contribution < 1.29 is 4.79 Å². The highest BCUT2D eigenvalue weighted by atomic mass is 35.5. The maximum absolute atomic E-state index is 12.9. The van der Waals surface area contributed by atoms with Crippen LogP contribution in [0.2, 0.25) is 5.02 Å². The second-order valence-electron chi connectivity index (χ2n) is 6.58. The molecular formula is C22H18ClN5O. The molecule has 0 aliphatic rings. The van der Waals surface area contributed by atoms with Crippen LogP contribution in [0.1, 0.15) is 21.6 Å². The van der Waals surface area contributed by atoms with Crippen LogP contribution >= 0.6 is 11.6 Å². The average Bonchev–Trinajstić information content (AvgIpc) is 3.19. The highest BCUT2D eigenvalue weighted by Gasteiger charge is 2.22. The minimum absolute atomic E-state index is 0.236. The van der Waals surface area contributed by atoms with Crippen LogP contribution in [0.4, 0.5) is 0 Å². The van der Waals surface area contributed by atoms with E-state index in [1.807, 2.05) is 55.5 Å². The van der Waals surface area contributed by atoms with Gasteiger partial charge in [0, 0.05) is 29.5 Å². The minimum atomic E-state index is -0.301. The summed E-state index contributed by atoms with van der Waals surface area (Å²) in [5.41, 5.74) is 4.48. The van der Waals surface area contributed by atoms with Crippen molar-refractivity contribution in [2.75, 3.05) is 0 Å². The van der Waals surface area contributed by atoms with E-state index in [2.05, 4.69) is 20.6 Å². The van der Waals surface area contributed by atoms with Crippen molar-refractivity contribution in [1.82, 2.24) is 25.3 Å². The Morgan fingerprint density at radius 2 is 1.83 bits per heavy atom. The second-order valence-corrected chi connectivity index (χ2v) is 7.02. The zero-order chi connectivity index (χ0) is 20.2. The van der Waals surface area contributed by atoms with Crippen LogP contribution in [0.3, 0.4) is 0 Å². The van der Waals surface area contributed by atoms with E-state index in [-0.39, 0.29) is 11.6 Å². The SMILES string of the molecule is Cc1ccc(CNC(=O)c2nnn(-c3ccc(Cl)cc3)c2-c2cccnc2)cc1. The number of amides is 1. The fourth-order valence-corrected chi connectivity index (χ4v) is 3.06. The smallest absolute Gasteiger partial charge is 0.274 e. The van der Waals surface area contributed by atoms with Gasteiger partial charge in [0.25, 0.3) is 5.91 Å². The Bertz CT molecular complexity index is 1120. The van der Waals surface area contributed by atoms with Crippen molar-refractivity contribution in [3.63, 3.8) is 0 Å². The lowest BCUT2D eigenvalue weighted by atomic mass is 10.1. The Labute approximate surface area is 173 Å². The molecule has 2 heterocycles. The van der Waals surface area contributed by atoms with Crippen LogP contribution < -0.4 is 5.32 Å². The van der Waals surface area contributed by atoms with Gasteiger partial charge in [-0.05, 0) is 48.9 Å². The zero-order valence-corrected chi connectivity index (χ0v) is 16.5. The van der Waals surface area contributed by atoms with Gasteiger partial charge in [0.1, 0.15) is 5.69 Å². The molecule has 0 unspecified atom stereocenters. The van der Waals surface area contributed by atoms with Gasteiger partial charge in [-0.2, -0.15) is 0 Å². The van der Waals surface area contributed by atoms with Crippen LogP contribution in [-0.4, -0.2) is 25.9 Å². The molecule has 1 amide bonds. The summed E-state index contributed by atoms with van der Waals surface area (Å²) in [6, 6.07) is 18.9. The van der Waals surface area contributed by atoms with E-state index in [0.29, 0.717) is 17.3 Å². The highest BCUT2D eigenvalue weighted by Crippen LogP contribution is 2.25. The fourth-order valence-electron chi connectivity index (χ4n) is 2.93. The van der Waals surface area contributed by atoms with Crippen molar-refractivity contribution in [2.45, 2.75) is 13.5 Å². The van der Waals surface area contributed by atoms with Crippen LogP contribution in [0.25, 0.3) is 16.9 Å². The first kappa shape index (κ1) is 18.8. The van der Waals surface area contributed by atoms with Gasteiger partial charge in [-0.15, -0.1) is 5.10 Å². The predicted octanol–water partition coefficient (Wildman–Crippen LogP) is 4.22. The van der Waals surface area contributed by atoms with Crippen molar-refractivity contribution in [2.24, 2.45) is 0 Å². The van der Waals surface area contributed by atoms with E-state index in [9.17, 15) is 4.79 Å². The summed E-state index contributed by atoms with van der Waals surface area (Å²) in [5.74, 6) is -0.301. The Kier molecular flexibility index (Phi) is 5.35. The summed E-state index contributed by atoms with van der Waals surface area (Å²) in [4.78, 5) is 17.1. The van der Waals surface area contributed by atoms with E-state index >= 15 is 0 Å². The summed E-state index contributed by atoms with van der Waals surface area (Å²) >= 11 is 6.00. The number of aromatic nitrogens is 4. The summed E-state index contributed by atoms with van der Waals surface area (Å²) in [6.07, 6.45) is 3.36. The molecule has 7 heteroatoms. The second kappa shape index (κ2) is 8.24. The average molecular weight is 404 g/mol. The molecule has 4 aromatic rings. The normalized spacial score (nSPS) is 10.7. The van der Waals surface area contributed by atoms with Gasteiger partial charge in [0.2, 0.25) is 0 Å². The summed E-state index contributed by atoms with van der Waals surface area (Å²) < 4.78 is 1.62. The molecule has 144 valence electrons. The van der Waals surface area contributed by atoms with Crippen molar-refractivity contribution in [3.05, 3.63) is 94.9 Å². The summed E-state index contributed by atoms with van der Waals surface area (Å²) in [6.45, 7) is 2.43. The predicted molar refractivity (Wildman–Crippen MR) is 112 cm³/mol. The summed E-state index contributed by atoms with van der Waals surface area (Å²) in [7, 11) is 0. The van der Waals surface area contributed by atoms with Crippen LogP contribution in [0.15, 0.2) is 73.1 Å². The van der Waals surface area contributed by atoms with E-state index in [1.165, 1.54) is 5.56 Å². The number of carbonyl (C=O) groups is 1. The Balaban J connectivity index is 1.68. The highest BCUT2D eigenvalue weighted by molar-refractivity contribution is 6.30. The molecule has 0 spiro atoms. The monoisotopic (exact) mass is 403 g/mol. The van der Waals surface area contributed by atoms with Crippen molar-refractivity contribution in [3.8, 4) is 16.9 Å². The number of carbonyl (C=O) groups excluding carboxylic acids is 1. The number of nitrogens with one attached hydrogen (secondary N) is 1. The molecule has 0 radical (unpaired) electrons. The lowest BCUT2D eigenvalue weighted by Gasteiger charge is -2.09. The molecule has 29 heavy (non-hydrogen) atoms. The lowest BCUT2D eigenvalue weighted by molar-refractivity contribution is 0.0946. The van der Waals surface area contributed by atoms with Gasteiger partial charge in [-0.25, -0.2) is 4.68 Å². The number of nitrogens with zero attached hydrogens (tertiary/aromatic N) is 4. The maximum atomic E-state index is 12.9. The molecule has 2 aromatic carbocycles. The molecule has 0 saturated carbocycles. The third-order valence-electron chi connectivity index (χ3n) is 4.47. The first-order valence-electron chi connectivity index (χ1n) is 9.07. The number of benzene rings is 2. The van der Waals surface area contributed by atoms with Gasteiger partial charge in [-0.1, -0.05) is 46.6 Å². The Hall–Kier alpha value is -3.51. The van der Waals surface area contributed by atoms with Gasteiger partial charge in [-0.3, -0.25) is 9.78 Å². The third kappa shape index (κ3) is 4.17. The molecule has 0 atom stereocenters. The zero-order valence-electron chi connectivity index (χ0n) is 15.7. The number of hydrogen-bond donors (Lipinski definition) is 1. The third-order valence-corrected chi connectivity index (χ3v) is 4.72. The van der Waals surface area contributed by atoms with Crippen LogP contribution in [0.5, 0.6) is 0 Å². The molecular weight excluding hydrogens is 386 g/mol. The number of aryl methyl sites for hydroxylation is 1. The largest absolute Gasteiger partial charge is 0.346 e. The number of rotatable bonds is 5. The van der Waals surface area contributed by atoms with Crippen molar-refractivity contribution in [1.29, 1.82) is 0 Å². The van der Waals surface area contributed by atoms with Crippen LogP contribution in [-0.2, 0) is 6.54 Å². The van der Waals surface area contributed by atoms with E-state index in [1.54, 1.807) is 29.2 Å². The molecule has 2 aromatic heterocycles. The molecule has 6 nitrogen and oxygen atoms in total. The Morgan fingerprint density at radius 1 is 1.07 bits per heavy atom. The van der Waals surface area contributed by atoms with Gasteiger partial charge < -0.3 is 5.32 Å². The minimum Gasteiger partial charge on any atom is -0.346 e. The lowest BCUT2D eigenvalue weighted by Crippen LogP contribution is -2.24. The van der Waals surface area contributed by atoms with E-state index in [4.69, 9.17) is 11.6 Å². The van der Waals surface area contributed by atoms with E-state index < -0.39 is 0 Å². The fraction of sp³-hybridized carbons (Fsp3) is 0.0909. The molecule has 0 saturated heterocycles. The molecule has 0 aliphatic heterocycles. The number of pyridine rings is 1. The van der Waals surface area contributed by atoms with Gasteiger partial charge in [0.05, 0.1) is 5.69 Å². The molecule has 1 N–H and O–H groups in total. The van der Waals surface area contributed by atoms with Crippen molar-refractivity contribution >= 4 is 17.5 Å². The first-order valence-corrected chi connectivity index (χ1v) is 9.45. The topological polar surface area (TPSA) is 72.7 Å². The van der Waals surface area contributed by atoms with Crippen LogP contribution in [0, 0.1) is 6.92 Å². The maximum Gasteiger partial charge on any atom is 0.274 e.